The highest BCUT2D eigenvalue weighted by atomic mass is 16.6. The Morgan fingerprint density at radius 2 is 1.83 bits per heavy atom. The van der Waals surface area contributed by atoms with Gasteiger partial charge >= 0.3 is 12.1 Å². The molecule has 5 nitrogen and oxygen atoms in total. The van der Waals surface area contributed by atoms with Crippen LogP contribution in [0, 0.1) is 5.92 Å². The summed E-state index contributed by atoms with van der Waals surface area (Å²) in [5, 5.41) is 11.8. The molecule has 1 fully saturated rings. The van der Waals surface area contributed by atoms with Crippen molar-refractivity contribution in [2.45, 2.75) is 64.5 Å². The number of carboxylic acid groups (broad SMARTS) is 1. The predicted molar refractivity (Wildman–Crippen MR) is 67.4 cm³/mol. The number of ether oxygens (including phenoxy) is 1. The quantitative estimate of drug-likeness (QED) is 0.745. The van der Waals surface area contributed by atoms with E-state index in [1.165, 1.54) is 0 Å². The molecular formula is C13H23NO4. The van der Waals surface area contributed by atoms with Crippen molar-refractivity contribution in [3.8, 4) is 0 Å². The number of hydrogen-bond acceptors (Lipinski definition) is 3. The molecule has 0 aromatic heterocycles. The zero-order valence-electron chi connectivity index (χ0n) is 11.4. The summed E-state index contributed by atoms with van der Waals surface area (Å²) in [6.45, 7) is 5.46. The Morgan fingerprint density at radius 3 is 2.39 bits per heavy atom. The molecule has 0 saturated heterocycles. The number of amides is 1. The van der Waals surface area contributed by atoms with Gasteiger partial charge in [-0.15, -0.1) is 0 Å². The van der Waals surface area contributed by atoms with Gasteiger partial charge in [0.05, 0.1) is 5.92 Å². The minimum atomic E-state index is -0.729. The van der Waals surface area contributed by atoms with Crippen LogP contribution in [0.15, 0.2) is 0 Å². The first-order chi connectivity index (χ1) is 8.28. The van der Waals surface area contributed by atoms with Crippen LogP contribution in [0.4, 0.5) is 4.79 Å². The third-order valence-corrected chi connectivity index (χ3v) is 3.04. The second-order valence-corrected chi connectivity index (χ2v) is 5.89. The lowest BCUT2D eigenvalue weighted by atomic mass is 10.0. The largest absolute Gasteiger partial charge is 0.481 e. The van der Waals surface area contributed by atoms with Crippen molar-refractivity contribution < 1.29 is 19.4 Å². The Labute approximate surface area is 108 Å². The highest BCUT2D eigenvalue weighted by Gasteiger charge is 2.25. The van der Waals surface area contributed by atoms with Crippen molar-refractivity contribution in [1.82, 2.24) is 5.32 Å². The average molecular weight is 257 g/mol. The van der Waals surface area contributed by atoms with E-state index in [4.69, 9.17) is 9.84 Å². The van der Waals surface area contributed by atoms with E-state index in [9.17, 15) is 9.59 Å². The van der Waals surface area contributed by atoms with Crippen molar-refractivity contribution in [3.05, 3.63) is 0 Å². The zero-order chi connectivity index (χ0) is 13.8. The van der Waals surface area contributed by atoms with Crippen molar-refractivity contribution in [3.63, 3.8) is 0 Å². The van der Waals surface area contributed by atoms with Gasteiger partial charge in [0.2, 0.25) is 0 Å². The molecule has 18 heavy (non-hydrogen) atoms. The van der Waals surface area contributed by atoms with Gasteiger partial charge in [0.1, 0.15) is 5.60 Å². The fourth-order valence-corrected chi connectivity index (χ4v) is 2.17. The van der Waals surface area contributed by atoms with Crippen LogP contribution in [-0.4, -0.2) is 28.8 Å². The molecule has 0 spiro atoms. The van der Waals surface area contributed by atoms with E-state index in [1.807, 2.05) is 20.8 Å². The third kappa shape index (κ3) is 5.38. The van der Waals surface area contributed by atoms with Gasteiger partial charge in [0.25, 0.3) is 0 Å². The monoisotopic (exact) mass is 257 g/mol. The summed E-state index contributed by atoms with van der Waals surface area (Å²) < 4.78 is 5.19. The van der Waals surface area contributed by atoms with E-state index in [1.54, 1.807) is 0 Å². The molecule has 0 aromatic carbocycles. The number of carbonyl (C=O) groups is 2. The maximum atomic E-state index is 11.6. The summed E-state index contributed by atoms with van der Waals surface area (Å²) in [6, 6.07) is 0.0317. The fourth-order valence-electron chi connectivity index (χ4n) is 2.17. The van der Waals surface area contributed by atoms with Crippen LogP contribution >= 0.6 is 0 Å². The number of alkyl carbamates (subject to hydrolysis) is 1. The SMILES string of the molecule is CC(C)(C)OC(=O)N[C@H]1CCC[C@@H](C(=O)O)CC1. The van der Waals surface area contributed by atoms with Gasteiger partial charge < -0.3 is 15.2 Å². The van der Waals surface area contributed by atoms with Crippen molar-refractivity contribution in [1.29, 1.82) is 0 Å². The predicted octanol–water partition coefficient (Wildman–Crippen LogP) is 2.54. The highest BCUT2D eigenvalue weighted by molar-refractivity contribution is 5.70. The van der Waals surface area contributed by atoms with E-state index in [0.29, 0.717) is 19.3 Å². The molecule has 1 aliphatic rings. The van der Waals surface area contributed by atoms with Crippen molar-refractivity contribution in [2.75, 3.05) is 0 Å². The summed E-state index contributed by atoms with van der Waals surface area (Å²) in [6.07, 6.45) is 3.26. The van der Waals surface area contributed by atoms with Crippen LogP contribution in [0.3, 0.4) is 0 Å². The maximum absolute atomic E-state index is 11.6. The number of aliphatic carboxylic acids is 1. The summed E-state index contributed by atoms with van der Waals surface area (Å²) in [7, 11) is 0. The molecule has 0 bridgehead atoms. The molecule has 0 aliphatic heterocycles. The average Bonchev–Trinajstić information content (AvgIpc) is 2.40. The molecule has 104 valence electrons. The molecular weight excluding hydrogens is 234 g/mol. The lowest BCUT2D eigenvalue weighted by Crippen LogP contribution is -2.38. The smallest absolute Gasteiger partial charge is 0.407 e. The molecule has 1 saturated carbocycles. The summed E-state index contributed by atoms with van der Waals surface area (Å²) in [4.78, 5) is 22.5. The maximum Gasteiger partial charge on any atom is 0.407 e. The van der Waals surface area contributed by atoms with Gasteiger partial charge in [0, 0.05) is 6.04 Å². The summed E-state index contributed by atoms with van der Waals surface area (Å²) in [5.74, 6) is -0.997. The number of carbonyl (C=O) groups excluding carboxylic acids is 1. The Bertz CT molecular complexity index is 309. The second kappa shape index (κ2) is 6.07. The van der Waals surface area contributed by atoms with Crippen LogP contribution in [0.25, 0.3) is 0 Å². The number of hydrogen-bond donors (Lipinski definition) is 2. The number of nitrogens with one attached hydrogen (secondary N) is 1. The molecule has 1 rings (SSSR count). The van der Waals surface area contributed by atoms with Gasteiger partial charge in [-0.3, -0.25) is 4.79 Å². The first kappa shape index (κ1) is 14.8. The minimum Gasteiger partial charge on any atom is -0.481 e. The number of rotatable bonds is 2. The normalized spacial score (nSPS) is 25.1. The molecule has 1 amide bonds. The Balaban J connectivity index is 2.40. The molecule has 0 heterocycles. The highest BCUT2D eigenvalue weighted by Crippen LogP contribution is 2.23. The van der Waals surface area contributed by atoms with Crippen LogP contribution in [0.5, 0.6) is 0 Å². The third-order valence-electron chi connectivity index (χ3n) is 3.04. The fraction of sp³-hybridized carbons (Fsp3) is 0.846. The first-order valence-corrected chi connectivity index (χ1v) is 6.50. The molecule has 2 N–H and O–H groups in total. The Hall–Kier alpha value is -1.26. The number of carboxylic acids is 1. The second-order valence-electron chi connectivity index (χ2n) is 5.89. The van der Waals surface area contributed by atoms with Gasteiger partial charge in [-0.05, 0) is 46.5 Å². The van der Waals surface area contributed by atoms with Crippen molar-refractivity contribution in [2.24, 2.45) is 5.92 Å². The first-order valence-electron chi connectivity index (χ1n) is 6.50. The molecule has 0 unspecified atom stereocenters. The standard InChI is InChI=1S/C13H23NO4/c1-13(2,3)18-12(17)14-10-6-4-5-9(7-8-10)11(15)16/h9-10H,4-8H2,1-3H3,(H,14,17)(H,15,16)/t9-,10+/m1/s1. The van der Waals surface area contributed by atoms with Gasteiger partial charge in [-0.1, -0.05) is 6.42 Å². The van der Waals surface area contributed by atoms with Crippen LogP contribution in [0.1, 0.15) is 52.9 Å². The van der Waals surface area contributed by atoms with Crippen LogP contribution in [0.2, 0.25) is 0 Å². The summed E-state index contributed by atoms with van der Waals surface area (Å²) >= 11 is 0. The summed E-state index contributed by atoms with van der Waals surface area (Å²) in [5.41, 5.74) is -0.502. The Morgan fingerprint density at radius 1 is 1.17 bits per heavy atom. The van der Waals surface area contributed by atoms with E-state index < -0.39 is 17.7 Å². The topological polar surface area (TPSA) is 75.6 Å². The van der Waals surface area contributed by atoms with E-state index >= 15 is 0 Å². The molecule has 2 atom stereocenters. The lowest BCUT2D eigenvalue weighted by Gasteiger charge is -2.22. The molecule has 5 heteroatoms. The van der Waals surface area contributed by atoms with Gasteiger partial charge in [-0.25, -0.2) is 4.79 Å². The molecule has 1 aliphatic carbocycles. The minimum absolute atomic E-state index is 0.0317. The zero-order valence-corrected chi connectivity index (χ0v) is 11.4. The van der Waals surface area contributed by atoms with E-state index in [2.05, 4.69) is 5.32 Å². The Kier molecular flexibility index (Phi) is 4.99. The molecule has 0 aromatic rings. The van der Waals surface area contributed by atoms with E-state index in [0.717, 1.165) is 12.8 Å². The van der Waals surface area contributed by atoms with Gasteiger partial charge in [0.15, 0.2) is 0 Å². The van der Waals surface area contributed by atoms with Crippen molar-refractivity contribution >= 4 is 12.1 Å². The van der Waals surface area contributed by atoms with Gasteiger partial charge in [-0.2, -0.15) is 0 Å². The molecule has 0 radical (unpaired) electrons. The van der Waals surface area contributed by atoms with Crippen LogP contribution in [-0.2, 0) is 9.53 Å². The lowest BCUT2D eigenvalue weighted by molar-refractivity contribution is -0.142. The van der Waals surface area contributed by atoms with Crippen LogP contribution < -0.4 is 5.32 Å². The van der Waals surface area contributed by atoms with E-state index in [-0.39, 0.29) is 12.0 Å².